The van der Waals surface area contributed by atoms with Crippen LogP contribution < -0.4 is 5.32 Å². The Hall–Kier alpha value is -0.810. The predicted octanol–water partition coefficient (Wildman–Crippen LogP) is 1.91. The fourth-order valence-electron chi connectivity index (χ4n) is 2.00. The number of anilines is 1. The number of thioether (sulfide) groups is 1. The summed E-state index contributed by atoms with van der Waals surface area (Å²) in [4.78, 5) is 8.29. The van der Waals surface area contributed by atoms with E-state index in [4.69, 9.17) is 0 Å². The van der Waals surface area contributed by atoms with Crippen LogP contribution in [0.5, 0.6) is 0 Å². The predicted molar refractivity (Wildman–Crippen MR) is 65.7 cm³/mol. The minimum absolute atomic E-state index is 0.137. The van der Waals surface area contributed by atoms with E-state index in [2.05, 4.69) is 15.3 Å². The summed E-state index contributed by atoms with van der Waals surface area (Å²) in [6.07, 6.45) is 7.50. The van der Waals surface area contributed by atoms with Crippen LogP contribution in [0.1, 0.15) is 25.7 Å². The lowest BCUT2D eigenvalue weighted by atomic mass is 9.93. The maximum Gasteiger partial charge on any atom is 0.130 e. The average Bonchev–Trinajstić information content (AvgIpc) is 2.32. The van der Waals surface area contributed by atoms with Gasteiger partial charge in [-0.3, -0.25) is 0 Å². The van der Waals surface area contributed by atoms with Crippen molar-refractivity contribution in [1.29, 1.82) is 0 Å². The van der Waals surface area contributed by atoms with Crippen molar-refractivity contribution in [3.8, 4) is 0 Å². The summed E-state index contributed by atoms with van der Waals surface area (Å²) in [5.74, 6) is 0.810. The van der Waals surface area contributed by atoms with Crippen molar-refractivity contribution in [2.75, 3.05) is 11.6 Å². The molecular formula is C11H17N3OS. The zero-order valence-electron chi connectivity index (χ0n) is 9.39. The molecule has 1 fully saturated rings. The number of hydrogen-bond acceptors (Lipinski definition) is 5. The zero-order valence-corrected chi connectivity index (χ0v) is 10.2. The van der Waals surface area contributed by atoms with Gasteiger partial charge in [0.2, 0.25) is 0 Å². The van der Waals surface area contributed by atoms with Crippen LogP contribution in [-0.4, -0.2) is 33.5 Å². The molecule has 16 heavy (non-hydrogen) atoms. The molecule has 1 aliphatic rings. The zero-order chi connectivity index (χ0) is 11.4. The highest BCUT2D eigenvalue weighted by molar-refractivity contribution is 7.98. The number of nitrogens with one attached hydrogen (secondary N) is 1. The fraction of sp³-hybridized carbons (Fsp3) is 0.636. The molecule has 2 N–H and O–H groups in total. The van der Waals surface area contributed by atoms with Gasteiger partial charge in [-0.25, -0.2) is 9.97 Å². The molecule has 1 heterocycles. The van der Waals surface area contributed by atoms with Crippen molar-refractivity contribution in [2.24, 2.45) is 0 Å². The van der Waals surface area contributed by atoms with E-state index in [0.717, 1.165) is 30.1 Å². The molecular weight excluding hydrogens is 222 g/mol. The first-order chi connectivity index (χ1) is 7.79. The van der Waals surface area contributed by atoms with Crippen molar-refractivity contribution in [3.05, 3.63) is 12.4 Å². The Balaban J connectivity index is 2.01. The second kappa shape index (κ2) is 5.50. The van der Waals surface area contributed by atoms with Crippen LogP contribution in [-0.2, 0) is 0 Å². The highest BCUT2D eigenvalue weighted by atomic mass is 32.2. The highest BCUT2D eigenvalue weighted by Gasteiger charge is 2.22. The summed E-state index contributed by atoms with van der Waals surface area (Å²) in [5.41, 5.74) is 0. The van der Waals surface area contributed by atoms with E-state index in [0.29, 0.717) is 0 Å². The van der Waals surface area contributed by atoms with Gasteiger partial charge < -0.3 is 10.4 Å². The molecule has 0 radical (unpaired) electrons. The van der Waals surface area contributed by atoms with Crippen LogP contribution in [0.25, 0.3) is 0 Å². The Morgan fingerprint density at radius 3 is 2.94 bits per heavy atom. The van der Waals surface area contributed by atoms with Crippen molar-refractivity contribution in [3.63, 3.8) is 0 Å². The Kier molecular flexibility index (Phi) is 4.01. The van der Waals surface area contributed by atoms with E-state index in [1.54, 1.807) is 18.1 Å². The first-order valence-corrected chi connectivity index (χ1v) is 6.82. The van der Waals surface area contributed by atoms with Gasteiger partial charge in [0.05, 0.1) is 12.1 Å². The summed E-state index contributed by atoms with van der Waals surface area (Å²) in [7, 11) is 0. The number of aliphatic hydroxyl groups excluding tert-OH is 1. The van der Waals surface area contributed by atoms with Gasteiger partial charge in [0.15, 0.2) is 0 Å². The molecule has 0 amide bonds. The third kappa shape index (κ3) is 2.86. The Morgan fingerprint density at radius 1 is 1.38 bits per heavy atom. The smallest absolute Gasteiger partial charge is 0.130 e. The van der Waals surface area contributed by atoms with Crippen LogP contribution in [0.4, 0.5) is 5.82 Å². The Labute approximate surface area is 99.9 Å². The summed E-state index contributed by atoms with van der Waals surface area (Å²) in [6.45, 7) is 0. The van der Waals surface area contributed by atoms with E-state index in [1.165, 1.54) is 6.42 Å². The summed E-state index contributed by atoms with van der Waals surface area (Å²) >= 11 is 1.59. The largest absolute Gasteiger partial charge is 0.391 e. The van der Waals surface area contributed by atoms with Gasteiger partial charge in [-0.1, -0.05) is 12.8 Å². The molecule has 0 spiro atoms. The van der Waals surface area contributed by atoms with Gasteiger partial charge in [-0.2, -0.15) is 0 Å². The molecule has 0 bridgehead atoms. The lowest BCUT2D eigenvalue weighted by Gasteiger charge is -2.28. The molecule has 1 aromatic heterocycles. The van der Waals surface area contributed by atoms with Crippen molar-refractivity contribution >= 4 is 17.6 Å². The molecule has 0 aromatic carbocycles. The van der Waals surface area contributed by atoms with Gasteiger partial charge in [0, 0.05) is 6.07 Å². The van der Waals surface area contributed by atoms with Crippen LogP contribution >= 0.6 is 11.8 Å². The monoisotopic (exact) mass is 239 g/mol. The number of aromatic nitrogens is 2. The molecule has 88 valence electrons. The first kappa shape index (κ1) is 11.7. The minimum atomic E-state index is -0.249. The maximum atomic E-state index is 9.85. The van der Waals surface area contributed by atoms with Crippen molar-refractivity contribution in [1.82, 2.24) is 9.97 Å². The van der Waals surface area contributed by atoms with E-state index in [1.807, 2.05) is 12.3 Å². The van der Waals surface area contributed by atoms with Crippen LogP contribution in [0.3, 0.4) is 0 Å². The van der Waals surface area contributed by atoms with Gasteiger partial charge in [-0.05, 0) is 19.1 Å². The topological polar surface area (TPSA) is 58.0 Å². The van der Waals surface area contributed by atoms with Crippen LogP contribution in [0.15, 0.2) is 17.4 Å². The molecule has 1 aromatic rings. The summed E-state index contributed by atoms with van der Waals surface area (Å²) < 4.78 is 0. The molecule has 2 rings (SSSR count). The lowest BCUT2D eigenvalue weighted by molar-refractivity contribution is 0.116. The summed E-state index contributed by atoms with van der Waals surface area (Å²) in [6, 6.07) is 2.06. The Morgan fingerprint density at radius 2 is 2.19 bits per heavy atom. The third-order valence-corrected chi connectivity index (χ3v) is 3.56. The van der Waals surface area contributed by atoms with E-state index < -0.39 is 0 Å². The second-order valence-electron chi connectivity index (χ2n) is 4.05. The molecule has 5 heteroatoms. The van der Waals surface area contributed by atoms with Gasteiger partial charge >= 0.3 is 0 Å². The molecule has 0 aliphatic heterocycles. The van der Waals surface area contributed by atoms with E-state index >= 15 is 0 Å². The van der Waals surface area contributed by atoms with E-state index in [9.17, 15) is 5.11 Å². The number of rotatable bonds is 3. The molecule has 4 nitrogen and oxygen atoms in total. The highest BCUT2D eigenvalue weighted by Crippen LogP contribution is 2.22. The SMILES string of the molecule is CSc1cc(NC2CCCCC2O)ncn1. The maximum absolute atomic E-state index is 9.85. The fourth-order valence-corrected chi connectivity index (χ4v) is 2.38. The molecule has 1 saturated carbocycles. The van der Waals surface area contributed by atoms with Gasteiger partial charge in [0.1, 0.15) is 17.2 Å². The summed E-state index contributed by atoms with van der Waals surface area (Å²) in [5, 5.41) is 14.1. The molecule has 0 saturated heterocycles. The van der Waals surface area contributed by atoms with Crippen LogP contribution in [0, 0.1) is 0 Å². The lowest BCUT2D eigenvalue weighted by Crippen LogP contribution is -2.36. The quantitative estimate of drug-likeness (QED) is 0.623. The molecule has 1 aliphatic carbocycles. The number of hydrogen-bond donors (Lipinski definition) is 2. The van der Waals surface area contributed by atoms with E-state index in [-0.39, 0.29) is 12.1 Å². The Bertz CT molecular complexity index is 348. The number of nitrogens with zero attached hydrogens (tertiary/aromatic N) is 2. The van der Waals surface area contributed by atoms with Crippen molar-refractivity contribution in [2.45, 2.75) is 42.9 Å². The first-order valence-electron chi connectivity index (χ1n) is 5.60. The second-order valence-corrected chi connectivity index (χ2v) is 4.87. The molecule has 2 unspecified atom stereocenters. The number of aliphatic hydroxyl groups is 1. The van der Waals surface area contributed by atoms with Crippen molar-refractivity contribution < 1.29 is 5.11 Å². The third-order valence-electron chi connectivity index (χ3n) is 2.91. The average molecular weight is 239 g/mol. The standard InChI is InChI=1S/C11H17N3OS/c1-16-11-6-10(12-7-13-11)14-8-4-2-3-5-9(8)15/h6-9,15H,2-5H2,1H3,(H,12,13,14). The van der Waals surface area contributed by atoms with Gasteiger partial charge in [-0.15, -0.1) is 11.8 Å². The van der Waals surface area contributed by atoms with Crippen LogP contribution in [0.2, 0.25) is 0 Å². The molecule has 2 atom stereocenters. The minimum Gasteiger partial charge on any atom is -0.391 e. The normalized spacial score (nSPS) is 25.4. The van der Waals surface area contributed by atoms with Gasteiger partial charge in [0.25, 0.3) is 0 Å².